The molecule has 5 heteroatoms. The summed E-state index contributed by atoms with van der Waals surface area (Å²) in [6, 6.07) is 4.48. The summed E-state index contributed by atoms with van der Waals surface area (Å²) < 4.78 is 18.5. The van der Waals surface area contributed by atoms with E-state index in [1.165, 1.54) is 6.07 Å². The summed E-state index contributed by atoms with van der Waals surface area (Å²) in [5.41, 5.74) is 0.547. The fraction of sp³-hybridized carbons (Fsp3) is 0.429. The van der Waals surface area contributed by atoms with Gasteiger partial charge in [0.1, 0.15) is 6.10 Å². The molecule has 0 spiro atoms. The Balaban J connectivity index is 1.87. The molecule has 0 atom stereocenters. The molecular weight excluding hydrogens is 247 g/mol. The molecule has 1 aliphatic rings. The van der Waals surface area contributed by atoms with Crippen LogP contribution in [0.1, 0.15) is 19.8 Å². The van der Waals surface area contributed by atoms with Crippen molar-refractivity contribution < 1.29 is 13.9 Å². The number of hydrogen-bond acceptors (Lipinski definition) is 3. The van der Waals surface area contributed by atoms with Gasteiger partial charge in [-0.15, -0.1) is 0 Å². The van der Waals surface area contributed by atoms with E-state index >= 15 is 0 Å². The highest BCUT2D eigenvalue weighted by Gasteiger charge is 2.24. The first-order valence-electron chi connectivity index (χ1n) is 6.30. The third-order valence-electron chi connectivity index (χ3n) is 3.07. The monoisotopic (exact) mass is 264 g/mol. The number of carbonyl (C=O) groups excluding carboxylic acids is 1. The van der Waals surface area contributed by atoms with Crippen LogP contribution in [-0.4, -0.2) is 35.0 Å². The van der Waals surface area contributed by atoms with Crippen LogP contribution in [0.2, 0.25) is 0 Å². The third-order valence-corrected chi connectivity index (χ3v) is 3.07. The van der Waals surface area contributed by atoms with Gasteiger partial charge in [0, 0.05) is 37.6 Å². The standard InChI is InChI=1S/C14H17FN2O2/c1-10(2)14(18)17-8-6-11(7-9-17)19-13-5-3-4-12(15)16-13/h3-5,11H,1,6-9H2,2H3. The minimum absolute atomic E-state index is 0.0117. The van der Waals surface area contributed by atoms with Gasteiger partial charge < -0.3 is 9.64 Å². The van der Waals surface area contributed by atoms with Crippen LogP contribution in [-0.2, 0) is 4.79 Å². The summed E-state index contributed by atoms with van der Waals surface area (Å²) in [7, 11) is 0. The SMILES string of the molecule is C=C(C)C(=O)N1CCC(Oc2cccc(F)n2)CC1. The first-order chi connectivity index (χ1) is 9.06. The molecule has 0 aromatic carbocycles. The van der Waals surface area contributed by atoms with E-state index in [0.717, 1.165) is 12.8 Å². The van der Waals surface area contributed by atoms with E-state index < -0.39 is 5.95 Å². The predicted molar refractivity (Wildman–Crippen MR) is 69.2 cm³/mol. The molecule has 1 fully saturated rings. The zero-order chi connectivity index (χ0) is 13.8. The van der Waals surface area contributed by atoms with Crippen molar-refractivity contribution >= 4 is 5.91 Å². The smallest absolute Gasteiger partial charge is 0.248 e. The zero-order valence-corrected chi connectivity index (χ0v) is 10.9. The normalized spacial score (nSPS) is 16.2. The second-order valence-corrected chi connectivity index (χ2v) is 4.69. The highest BCUT2D eigenvalue weighted by molar-refractivity contribution is 5.92. The van der Waals surface area contributed by atoms with E-state index in [2.05, 4.69) is 11.6 Å². The summed E-state index contributed by atoms with van der Waals surface area (Å²) in [5, 5.41) is 0. The Hall–Kier alpha value is -1.91. The average molecular weight is 264 g/mol. The Morgan fingerprint density at radius 1 is 1.47 bits per heavy atom. The summed E-state index contributed by atoms with van der Waals surface area (Å²) in [5.74, 6) is -0.264. The second kappa shape index (κ2) is 5.82. The van der Waals surface area contributed by atoms with Crippen molar-refractivity contribution in [1.82, 2.24) is 9.88 Å². The van der Waals surface area contributed by atoms with Gasteiger partial charge in [-0.2, -0.15) is 9.37 Å². The number of halogens is 1. The van der Waals surface area contributed by atoms with E-state index in [0.29, 0.717) is 24.5 Å². The van der Waals surface area contributed by atoms with Crippen LogP contribution >= 0.6 is 0 Å². The summed E-state index contributed by atoms with van der Waals surface area (Å²) in [6.07, 6.45) is 1.41. The number of piperidine rings is 1. The zero-order valence-electron chi connectivity index (χ0n) is 10.9. The van der Waals surface area contributed by atoms with Crippen molar-refractivity contribution in [3.63, 3.8) is 0 Å². The van der Waals surface area contributed by atoms with Gasteiger partial charge in [0.15, 0.2) is 0 Å². The van der Waals surface area contributed by atoms with Crippen molar-refractivity contribution in [3.05, 3.63) is 36.3 Å². The molecule has 1 saturated heterocycles. The average Bonchev–Trinajstić information content (AvgIpc) is 2.39. The van der Waals surface area contributed by atoms with Gasteiger partial charge in [-0.05, 0) is 13.0 Å². The molecule has 0 radical (unpaired) electrons. The minimum atomic E-state index is -0.549. The lowest BCUT2D eigenvalue weighted by atomic mass is 10.1. The Labute approximate surface area is 111 Å². The number of nitrogens with zero attached hydrogens (tertiary/aromatic N) is 2. The molecule has 0 aliphatic carbocycles. The van der Waals surface area contributed by atoms with Crippen molar-refractivity contribution in [2.24, 2.45) is 0 Å². The minimum Gasteiger partial charge on any atom is -0.474 e. The van der Waals surface area contributed by atoms with Gasteiger partial charge >= 0.3 is 0 Å². The van der Waals surface area contributed by atoms with Gasteiger partial charge in [0.2, 0.25) is 17.7 Å². The summed E-state index contributed by atoms with van der Waals surface area (Å²) in [6.45, 7) is 6.62. The molecule has 1 amide bonds. The molecule has 4 nitrogen and oxygen atoms in total. The number of rotatable bonds is 3. The van der Waals surface area contributed by atoms with Crippen LogP contribution in [0, 0.1) is 5.95 Å². The number of aromatic nitrogens is 1. The van der Waals surface area contributed by atoms with Crippen LogP contribution in [0.4, 0.5) is 4.39 Å². The fourth-order valence-corrected chi connectivity index (χ4v) is 2.07. The van der Waals surface area contributed by atoms with Crippen molar-refractivity contribution in [3.8, 4) is 5.88 Å². The fourth-order valence-electron chi connectivity index (χ4n) is 2.07. The maximum Gasteiger partial charge on any atom is 0.248 e. The molecule has 1 aliphatic heterocycles. The summed E-state index contributed by atoms with van der Waals surface area (Å²) in [4.78, 5) is 17.2. The van der Waals surface area contributed by atoms with Crippen LogP contribution in [0.15, 0.2) is 30.4 Å². The molecule has 2 heterocycles. The Kier molecular flexibility index (Phi) is 4.14. The lowest BCUT2D eigenvalue weighted by molar-refractivity contribution is -0.128. The molecule has 0 unspecified atom stereocenters. The number of likely N-dealkylation sites (tertiary alicyclic amines) is 1. The number of ether oxygens (including phenoxy) is 1. The molecule has 102 valence electrons. The Morgan fingerprint density at radius 3 is 2.74 bits per heavy atom. The molecule has 0 bridgehead atoms. The molecule has 19 heavy (non-hydrogen) atoms. The molecule has 2 rings (SSSR count). The van der Waals surface area contributed by atoms with Gasteiger partial charge in [-0.3, -0.25) is 4.79 Å². The summed E-state index contributed by atoms with van der Waals surface area (Å²) >= 11 is 0. The maximum atomic E-state index is 12.9. The second-order valence-electron chi connectivity index (χ2n) is 4.69. The first kappa shape index (κ1) is 13.5. The molecular formula is C14H17FN2O2. The molecule has 1 aromatic rings. The van der Waals surface area contributed by atoms with E-state index in [1.54, 1.807) is 24.0 Å². The molecule has 0 N–H and O–H groups in total. The van der Waals surface area contributed by atoms with Crippen molar-refractivity contribution in [1.29, 1.82) is 0 Å². The van der Waals surface area contributed by atoms with Crippen LogP contribution in [0.3, 0.4) is 0 Å². The largest absolute Gasteiger partial charge is 0.474 e. The Morgan fingerprint density at radius 2 is 2.16 bits per heavy atom. The lowest BCUT2D eigenvalue weighted by Gasteiger charge is -2.32. The van der Waals surface area contributed by atoms with Gasteiger partial charge in [-0.25, -0.2) is 0 Å². The highest BCUT2D eigenvalue weighted by Crippen LogP contribution is 2.18. The predicted octanol–water partition coefficient (Wildman–Crippen LogP) is 2.17. The van der Waals surface area contributed by atoms with Crippen molar-refractivity contribution in [2.75, 3.05) is 13.1 Å². The topological polar surface area (TPSA) is 42.4 Å². The Bertz CT molecular complexity index is 482. The van der Waals surface area contributed by atoms with E-state index in [-0.39, 0.29) is 12.0 Å². The van der Waals surface area contributed by atoms with E-state index in [4.69, 9.17) is 4.74 Å². The molecule has 0 saturated carbocycles. The van der Waals surface area contributed by atoms with Crippen LogP contribution < -0.4 is 4.74 Å². The first-order valence-corrected chi connectivity index (χ1v) is 6.30. The number of carbonyl (C=O) groups is 1. The van der Waals surface area contributed by atoms with Crippen molar-refractivity contribution in [2.45, 2.75) is 25.9 Å². The number of hydrogen-bond donors (Lipinski definition) is 0. The third kappa shape index (κ3) is 3.53. The van der Waals surface area contributed by atoms with Crippen LogP contribution in [0.25, 0.3) is 0 Å². The van der Waals surface area contributed by atoms with Gasteiger partial charge in [-0.1, -0.05) is 12.6 Å². The lowest BCUT2D eigenvalue weighted by Crippen LogP contribution is -2.42. The van der Waals surface area contributed by atoms with E-state index in [9.17, 15) is 9.18 Å². The van der Waals surface area contributed by atoms with Crippen LogP contribution in [0.5, 0.6) is 5.88 Å². The number of pyridine rings is 1. The molecule has 1 aromatic heterocycles. The highest BCUT2D eigenvalue weighted by atomic mass is 19.1. The van der Waals surface area contributed by atoms with Gasteiger partial charge in [0.05, 0.1) is 0 Å². The quantitative estimate of drug-likeness (QED) is 0.620. The van der Waals surface area contributed by atoms with Gasteiger partial charge in [0.25, 0.3) is 0 Å². The number of amides is 1. The maximum absolute atomic E-state index is 12.9. The van der Waals surface area contributed by atoms with E-state index in [1.807, 2.05) is 0 Å².